The summed E-state index contributed by atoms with van der Waals surface area (Å²) >= 11 is 0. The Balaban J connectivity index is 1.72. The van der Waals surface area contributed by atoms with Crippen molar-refractivity contribution in [1.82, 2.24) is 9.88 Å². The topological polar surface area (TPSA) is 59.2 Å². The van der Waals surface area contributed by atoms with Gasteiger partial charge in [-0.2, -0.15) is 0 Å². The number of hydrogen-bond acceptors (Lipinski definition) is 3. The molecule has 0 radical (unpaired) electrons. The van der Waals surface area contributed by atoms with Gasteiger partial charge in [0.2, 0.25) is 0 Å². The van der Waals surface area contributed by atoms with Crippen LogP contribution < -0.4 is 5.73 Å². The fourth-order valence-electron chi connectivity index (χ4n) is 3.11. The zero-order valence-electron chi connectivity index (χ0n) is 16.6. The Hall–Kier alpha value is -2.98. The molecule has 2 aromatic carbocycles. The predicted octanol–water partition coefficient (Wildman–Crippen LogP) is 4.43. The minimum Gasteiger partial charge on any atom is -0.335 e. The van der Waals surface area contributed by atoms with E-state index in [4.69, 9.17) is 5.73 Å². The van der Waals surface area contributed by atoms with Crippen molar-refractivity contribution in [1.29, 1.82) is 0 Å². The molecular weight excluding hydrogens is 346 g/mol. The lowest BCUT2D eigenvalue weighted by molar-refractivity contribution is 0.0752. The molecule has 0 spiro atoms. The van der Waals surface area contributed by atoms with E-state index in [1.807, 2.05) is 48.2 Å². The van der Waals surface area contributed by atoms with Gasteiger partial charge in [-0.15, -0.1) is 0 Å². The number of benzene rings is 2. The molecule has 0 saturated carbocycles. The molecule has 144 valence electrons. The van der Waals surface area contributed by atoms with Gasteiger partial charge in [0.1, 0.15) is 0 Å². The number of pyridine rings is 1. The van der Waals surface area contributed by atoms with Crippen molar-refractivity contribution < 1.29 is 4.79 Å². The van der Waals surface area contributed by atoms with Crippen molar-refractivity contribution >= 4 is 5.91 Å². The van der Waals surface area contributed by atoms with Crippen LogP contribution in [0.5, 0.6) is 0 Å². The Morgan fingerprint density at radius 1 is 0.893 bits per heavy atom. The number of carbonyl (C=O) groups is 1. The molecule has 1 heterocycles. The van der Waals surface area contributed by atoms with Gasteiger partial charge in [-0.1, -0.05) is 49.4 Å². The zero-order valence-corrected chi connectivity index (χ0v) is 16.6. The summed E-state index contributed by atoms with van der Waals surface area (Å²) in [6.07, 6.45) is 2.81. The first kappa shape index (κ1) is 19.8. The van der Waals surface area contributed by atoms with E-state index in [0.29, 0.717) is 25.2 Å². The second kappa shape index (κ2) is 9.29. The highest BCUT2D eigenvalue weighted by molar-refractivity contribution is 5.94. The van der Waals surface area contributed by atoms with Gasteiger partial charge >= 0.3 is 0 Å². The highest BCUT2D eigenvalue weighted by atomic mass is 16.2. The van der Waals surface area contributed by atoms with Crippen LogP contribution in [0.2, 0.25) is 0 Å². The lowest BCUT2D eigenvalue weighted by atomic mass is 10.1. The average molecular weight is 374 g/mol. The van der Waals surface area contributed by atoms with Gasteiger partial charge in [0, 0.05) is 37.0 Å². The number of rotatable bonds is 7. The smallest absolute Gasteiger partial charge is 0.254 e. The van der Waals surface area contributed by atoms with Crippen LogP contribution in [0.3, 0.4) is 0 Å². The quantitative estimate of drug-likeness (QED) is 0.666. The number of aryl methyl sites for hydroxylation is 1. The standard InChI is InChI=1S/C24H27N3O/c1-3-18-5-7-19(8-6-18)17-27(4-2)24(28)22-12-10-21(11-13-22)23-14-9-20(15-25)16-26-23/h5-14,16H,3-4,15,17,25H2,1-2H3. The Labute approximate surface area is 167 Å². The zero-order chi connectivity index (χ0) is 19.9. The maximum absolute atomic E-state index is 12.9. The molecule has 1 amide bonds. The maximum atomic E-state index is 12.9. The van der Waals surface area contributed by atoms with E-state index in [1.54, 1.807) is 6.20 Å². The van der Waals surface area contributed by atoms with E-state index >= 15 is 0 Å². The fraction of sp³-hybridized carbons (Fsp3) is 0.250. The number of nitrogens with zero attached hydrogens (tertiary/aromatic N) is 2. The van der Waals surface area contributed by atoms with Crippen LogP contribution in [0, 0.1) is 0 Å². The molecule has 0 aliphatic rings. The average Bonchev–Trinajstić information content (AvgIpc) is 2.77. The van der Waals surface area contributed by atoms with Gasteiger partial charge in [-0.25, -0.2) is 0 Å². The summed E-state index contributed by atoms with van der Waals surface area (Å²) in [6.45, 7) is 5.91. The summed E-state index contributed by atoms with van der Waals surface area (Å²) in [5, 5.41) is 0. The van der Waals surface area contributed by atoms with Crippen LogP contribution in [0.25, 0.3) is 11.3 Å². The van der Waals surface area contributed by atoms with Crippen LogP contribution in [0.1, 0.15) is 40.9 Å². The molecule has 0 aliphatic heterocycles. The van der Waals surface area contributed by atoms with Crippen LogP contribution in [-0.4, -0.2) is 22.3 Å². The van der Waals surface area contributed by atoms with Crippen molar-refractivity contribution in [2.24, 2.45) is 5.73 Å². The van der Waals surface area contributed by atoms with Crippen LogP contribution in [0.4, 0.5) is 0 Å². The predicted molar refractivity (Wildman–Crippen MR) is 114 cm³/mol. The number of nitrogens with two attached hydrogens (primary N) is 1. The van der Waals surface area contributed by atoms with Gasteiger partial charge in [0.25, 0.3) is 5.91 Å². The molecular formula is C24H27N3O. The Bertz CT molecular complexity index is 900. The monoisotopic (exact) mass is 373 g/mol. The van der Waals surface area contributed by atoms with Crippen molar-refractivity contribution in [3.8, 4) is 11.3 Å². The first-order valence-electron chi connectivity index (χ1n) is 9.77. The molecule has 1 aromatic heterocycles. The van der Waals surface area contributed by atoms with Crippen LogP contribution in [0.15, 0.2) is 66.9 Å². The summed E-state index contributed by atoms with van der Waals surface area (Å²) in [5.74, 6) is 0.0417. The molecule has 4 heteroatoms. The molecule has 2 N–H and O–H groups in total. The van der Waals surface area contributed by atoms with Crippen molar-refractivity contribution in [2.45, 2.75) is 33.4 Å². The molecule has 3 aromatic rings. The van der Waals surface area contributed by atoms with E-state index in [-0.39, 0.29) is 5.91 Å². The van der Waals surface area contributed by atoms with Gasteiger partial charge < -0.3 is 10.6 Å². The van der Waals surface area contributed by atoms with Gasteiger partial charge in [-0.3, -0.25) is 9.78 Å². The molecule has 0 atom stereocenters. The SMILES string of the molecule is CCc1ccc(CN(CC)C(=O)c2ccc(-c3ccc(CN)cn3)cc2)cc1. The molecule has 4 nitrogen and oxygen atoms in total. The lowest BCUT2D eigenvalue weighted by Crippen LogP contribution is -2.30. The largest absolute Gasteiger partial charge is 0.335 e. The molecule has 0 saturated heterocycles. The number of carbonyl (C=O) groups excluding carboxylic acids is 1. The summed E-state index contributed by atoms with van der Waals surface area (Å²) in [4.78, 5) is 19.2. The Morgan fingerprint density at radius 3 is 2.07 bits per heavy atom. The Morgan fingerprint density at radius 2 is 1.54 bits per heavy atom. The highest BCUT2D eigenvalue weighted by Crippen LogP contribution is 2.19. The van der Waals surface area contributed by atoms with Crippen LogP contribution >= 0.6 is 0 Å². The van der Waals surface area contributed by atoms with Crippen molar-refractivity contribution in [2.75, 3.05) is 6.54 Å². The fourth-order valence-corrected chi connectivity index (χ4v) is 3.11. The minimum absolute atomic E-state index is 0.0417. The van der Waals surface area contributed by atoms with Gasteiger partial charge in [0.05, 0.1) is 5.69 Å². The summed E-state index contributed by atoms with van der Waals surface area (Å²) in [6, 6.07) is 20.0. The molecule has 0 aliphatic carbocycles. The van der Waals surface area contributed by atoms with E-state index in [9.17, 15) is 4.79 Å². The lowest BCUT2D eigenvalue weighted by Gasteiger charge is -2.21. The maximum Gasteiger partial charge on any atom is 0.254 e. The Kier molecular flexibility index (Phi) is 6.56. The molecule has 28 heavy (non-hydrogen) atoms. The first-order valence-corrected chi connectivity index (χ1v) is 9.77. The first-order chi connectivity index (χ1) is 13.6. The third-order valence-electron chi connectivity index (χ3n) is 4.96. The highest BCUT2D eigenvalue weighted by Gasteiger charge is 2.15. The van der Waals surface area contributed by atoms with E-state index in [1.165, 1.54) is 5.56 Å². The number of aromatic nitrogens is 1. The molecule has 0 unspecified atom stereocenters. The second-order valence-corrected chi connectivity index (χ2v) is 6.82. The van der Waals surface area contributed by atoms with E-state index < -0.39 is 0 Å². The third kappa shape index (κ3) is 4.65. The summed E-state index contributed by atoms with van der Waals surface area (Å²) < 4.78 is 0. The number of amides is 1. The summed E-state index contributed by atoms with van der Waals surface area (Å²) in [7, 11) is 0. The van der Waals surface area contributed by atoms with Gasteiger partial charge in [-0.05, 0) is 48.2 Å². The van der Waals surface area contributed by atoms with E-state index in [0.717, 1.165) is 28.8 Å². The van der Waals surface area contributed by atoms with Crippen molar-refractivity contribution in [3.05, 3.63) is 89.1 Å². The van der Waals surface area contributed by atoms with Gasteiger partial charge in [0.15, 0.2) is 0 Å². The second-order valence-electron chi connectivity index (χ2n) is 6.82. The molecule has 0 bridgehead atoms. The number of hydrogen-bond donors (Lipinski definition) is 1. The van der Waals surface area contributed by atoms with Crippen molar-refractivity contribution in [3.63, 3.8) is 0 Å². The van der Waals surface area contributed by atoms with Crippen LogP contribution in [-0.2, 0) is 19.5 Å². The third-order valence-corrected chi connectivity index (χ3v) is 4.96. The summed E-state index contributed by atoms with van der Waals surface area (Å²) in [5.41, 5.74) is 11.6. The minimum atomic E-state index is 0.0417. The van der Waals surface area contributed by atoms with E-state index in [2.05, 4.69) is 36.2 Å². The normalized spacial score (nSPS) is 10.7. The molecule has 0 fully saturated rings. The molecule has 3 rings (SSSR count).